The lowest BCUT2D eigenvalue weighted by Gasteiger charge is -2.19. The molecule has 12 rings (SSSR count). The Morgan fingerprint density at radius 2 is 0.435 bits per heavy atom. The molecule has 0 bridgehead atoms. The number of hydrogen-bond acceptors (Lipinski definition) is 8. The maximum Gasteiger partial charge on any atom is 0.165 e. The number of nitrogens with zero attached hydrogens (tertiary/aromatic N) is 8. The third-order valence-electron chi connectivity index (χ3n) is 16.9. The molecule has 0 amide bonds. The van der Waals surface area contributed by atoms with Gasteiger partial charge in [-0.1, -0.05) is 308 Å². The SMILES string of the molecule is CC(C)(C)c1ccc(-c2nc(-c3ccc(C(C)(C)C)cc3)nc(-c3ccc(-c4ccc(-c5ccc([Si](C)(C)C)cc5)cc4)nc3)n2)cc1.CC(C)(C)c1ccc(-c2nc(-c3ccc(C(C)(C)C)cc3)nc(-c3ccc(-c4ccc(-c5ccccc5)cc4)nc3)n2)cc1. The van der Waals surface area contributed by atoms with Crippen LogP contribution in [0.25, 0.3) is 113 Å². The fourth-order valence-electron chi connectivity index (χ4n) is 10.9. The van der Waals surface area contributed by atoms with E-state index in [9.17, 15) is 0 Å². The van der Waals surface area contributed by atoms with Gasteiger partial charge in [-0.05, 0) is 90.4 Å². The zero-order valence-corrected chi connectivity index (χ0v) is 57.1. The van der Waals surface area contributed by atoms with Crippen LogP contribution in [0.1, 0.15) is 105 Å². The molecule has 0 fully saturated rings. The topological polar surface area (TPSA) is 103 Å². The molecule has 0 unspecified atom stereocenters. The van der Waals surface area contributed by atoms with E-state index in [1.165, 1.54) is 49.7 Å². The molecule has 0 spiro atoms. The maximum atomic E-state index is 4.96. The Bertz CT molecular complexity index is 4300. The molecular weight excluding hydrogens is 1140 g/mol. The van der Waals surface area contributed by atoms with E-state index in [0.29, 0.717) is 34.9 Å². The number of hydrogen-bond donors (Lipinski definition) is 0. The fraction of sp³-hybridized carbons (Fsp3) is 0.229. The number of aromatic nitrogens is 8. The van der Waals surface area contributed by atoms with Crippen molar-refractivity contribution in [3.8, 4) is 113 Å². The first kappa shape index (κ1) is 63.8. The first-order valence-corrected chi connectivity index (χ1v) is 35.5. The van der Waals surface area contributed by atoms with Crippen molar-refractivity contribution in [1.82, 2.24) is 39.9 Å². The standard InChI is InChI=1S/C43H46N4Si.C40H38N4/c1-42(2,3)35-21-14-32(15-22-35)39-45-40(33-16-23-36(24-17-33)43(4,5)6)47-41(46-39)34-20-27-38(44-28-34)31-12-10-29(11-13-31)30-18-25-37(26-19-30)48(7,8)9;1-39(2,3)33-21-16-30(17-22-33)36-42-37(31-18-23-34(24-19-31)40(4,5)6)44-38(43-36)32-20-25-35(41-26-32)29-14-12-28(13-15-29)27-10-8-7-9-11-27/h10-28H,1-9H3;7-26H,1-6H3. The summed E-state index contributed by atoms with van der Waals surface area (Å²) in [7, 11) is -1.32. The monoisotopic (exact) mass is 1220 g/mol. The van der Waals surface area contributed by atoms with Gasteiger partial charge in [0, 0.05) is 56.9 Å². The number of rotatable bonds is 11. The van der Waals surface area contributed by atoms with Gasteiger partial charge in [0.05, 0.1) is 19.5 Å². The van der Waals surface area contributed by atoms with Crippen LogP contribution in [0.15, 0.2) is 237 Å². The Balaban J connectivity index is 0.000000189. The van der Waals surface area contributed by atoms with Gasteiger partial charge in [-0.3, -0.25) is 9.97 Å². The molecule has 9 heteroatoms. The Labute approximate surface area is 546 Å². The molecule has 0 radical (unpaired) electrons. The van der Waals surface area contributed by atoms with Crippen molar-refractivity contribution in [2.24, 2.45) is 0 Å². The van der Waals surface area contributed by atoms with E-state index in [4.69, 9.17) is 39.9 Å². The zero-order valence-electron chi connectivity index (χ0n) is 56.1. The van der Waals surface area contributed by atoms with Crippen LogP contribution in [0.2, 0.25) is 19.6 Å². The second-order valence-electron chi connectivity index (χ2n) is 29.1. The summed E-state index contributed by atoms with van der Waals surface area (Å²) in [4.78, 5) is 39.3. The predicted octanol–water partition coefficient (Wildman–Crippen LogP) is 20.9. The van der Waals surface area contributed by atoms with Crippen molar-refractivity contribution in [3.63, 3.8) is 0 Å². The van der Waals surface area contributed by atoms with E-state index in [1.54, 1.807) is 0 Å². The van der Waals surface area contributed by atoms with E-state index in [-0.39, 0.29) is 21.7 Å². The normalized spacial score (nSPS) is 12.1. The van der Waals surface area contributed by atoms with Crippen LogP contribution < -0.4 is 5.19 Å². The summed E-state index contributed by atoms with van der Waals surface area (Å²) >= 11 is 0. The molecule has 0 aliphatic rings. The average Bonchev–Trinajstić information content (AvgIpc) is 0.843. The van der Waals surface area contributed by atoms with Crippen molar-refractivity contribution in [2.75, 3.05) is 0 Å². The molecule has 0 N–H and O–H groups in total. The Hall–Kier alpha value is -9.70. The molecule has 0 aliphatic heterocycles. The van der Waals surface area contributed by atoms with Crippen LogP contribution in [-0.4, -0.2) is 47.9 Å². The van der Waals surface area contributed by atoms with Crippen molar-refractivity contribution in [1.29, 1.82) is 0 Å². The van der Waals surface area contributed by atoms with Gasteiger partial charge in [0.1, 0.15) is 0 Å². The lowest BCUT2D eigenvalue weighted by Crippen LogP contribution is -2.37. The summed E-state index contributed by atoms with van der Waals surface area (Å²) in [5.74, 6) is 3.78. The molecule has 4 aromatic heterocycles. The van der Waals surface area contributed by atoms with Crippen LogP contribution in [0.4, 0.5) is 0 Å². The number of benzene rings is 8. The zero-order chi connectivity index (χ0) is 65.2. The molecule has 4 heterocycles. The average molecular weight is 1220 g/mol. The van der Waals surface area contributed by atoms with Crippen LogP contribution >= 0.6 is 0 Å². The van der Waals surface area contributed by atoms with Gasteiger partial charge in [-0.15, -0.1) is 0 Å². The molecule has 8 aromatic carbocycles. The Morgan fingerprint density at radius 1 is 0.217 bits per heavy atom. The summed E-state index contributed by atoms with van der Waals surface area (Å²) < 4.78 is 0. The van der Waals surface area contributed by atoms with Crippen LogP contribution in [-0.2, 0) is 21.7 Å². The summed E-state index contributed by atoms with van der Waals surface area (Å²) in [6.07, 6.45) is 3.72. The second kappa shape index (κ2) is 25.9. The highest BCUT2D eigenvalue weighted by Gasteiger charge is 2.22. The second-order valence-corrected chi connectivity index (χ2v) is 34.2. The lowest BCUT2D eigenvalue weighted by molar-refractivity contribution is 0.590. The largest absolute Gasteiger partial charge is 0.255 e. The van der Waals surface area contributed by atoms with Gasteiger partial charge in [0.2, 0.25) is 0 Å². The predicted molar refractivity (Wildman–Crippen MR) is 387 cm³/mol. The van der Waals surface area contributed by atoms with Gasteiger partial charge >= 0.3 is 0 Å². The molecule has 0 saturated heterocycles. The van der Waals surface area contributed by atoms with Gasteiger partial charge in [-0.25, -0.2) is 29.9 Å². The third kappa shape index (κ3) is 15.2. The number of pyridine rings is 2. The molecule has 0 aliphatic carbocycles. The minimum absolute atomic E-state index is 0.0649. The Morgan fingerprint density at radius 3 is 0.674 bits per heavy atom. The van der Waals surface area contributed by atoms with Crippen LogP contribution in [0.3, 0.4) is 0 Å². The van der Waals surface area contributed by atoms with Gasteiger partial charge < -0.3 is 0 Å². The fourth-order valence-corrected chi connectivity index (χ4v) is 12.0. The summed E-state index contributed by atoms with van der Waals surface area (Å²) in [6.45, 7) is 33.8. The van der Waals surface area contributed by atoms with Crippen molar-refractivity contribution < 1.29 is 0 Å². The van der Waals surface area contributed by atoms with E-state index in [2.05, 4.69) is 303 Å². The molecule has 8 nitrogen and oxygen atoms in total. The summed E-state index contributed by atoms with van der Waals surface area (Å²) in [5.41, 5.74) is 19.6. The van der Waals surface area contributed by atoms with E-state index in [1.807, 2.05) is 36.7 Å². The lowest BCUT2D eigenvalue weighted by atomic mass is 9.86. The van der Waals surface area contributed by atoms with E-state index >= 15 is 0 Å². The molecule has 12 aromatic rings. The third-order valence-corrected chi connectivity index (χ3v) is 19.0. The first-order chi connectivity index (χ1) is 43.7. The smallest absolute Gasteiger partial charge is 0.165 e. The quantitative estimate of drug-likeness (QED) is 0.118. The van der Waals surface area contributed by atoms with E-state index in [0.717, 1.165) is 55.9 Å². The first-order valence-electron chi connectivity index (χ1n) is 32.0. The van der Waals surface area contributed by atoms with Gasteiger partial charge in [-0.2, -0.15) is 0 Å². The van der Waals surface area contributed by atoms with Crippen LogP contribution in [0, 0.1) is 0 Å². The van der Waals surface area contributed by atoms with Crippen molar-refractivity contribution in [3.05, 3.63) is 259 Å². The van der Waals surface area contributed by atoms with Crippen molar-refractivity contribution >= 4 is 13.3 Å². The minimum Gasteiger partial charge on any atom is -0.255 e. The molecule has 460 valence electrons. The minimum atomic E-state index is -1.32. The Kier molecular flexibility index (Phi) is 18.0. The van der Waals surface area contributed by atoms with Gasteiger partial charge in [0.15, 0.2) is 34.9 Å². The maximum absolute atomic E-state index is 4.96. The summed E-state index contributed by atoms with van der Waals surface area (Å²) in [6, 6.07) is 79.0. The molecular formula is C83H84N8Si. The highest BCUT2D eigenvalue weighted by Crippen LogP contribution is 2.34. The van der Waals surface area contributed by atoms with Crippen LogP contribution in [0.5, 0.6) is 0 Å². The van der Waals surface area contributed by atoms with Crippen molar-refractivity contribution in [2.45, 2.75) is 124 Å². The van der Waals surface area contributed by atoms with Gasteiger partial charge in [0.25, 0.3) is 0 Å². The summed E-state index contributed by atoms with van der Waals surface area (Å²) in [5, 5.41) is 1.47. The molecule has 92 heavy (non-hydrogen) atoms. The highest BCUT2D eigenvalue weighted by atomic mass is 28.3. The molecule has 0 saturated carbocycles. The molecule has 0 atom stereocenters. The van der Waals surface area contributed by atoms with E-state index < -0.39 is 8.07 Å². The highest BCUT2D eigenvalue weighted by molar-refractivity contribution is 6.88.